The number of imidazole rings is 1. The average molecular weight is 346 g/mol. The topological polar surface area (TPSA) is 99.8 Å². The molecule has 2 aromatic heterocycles. The number of nitrogens with zero attached hydrogens (tertiary/aromatic N) is 3. The molecular formula is C19H14N4O3. The molecular weight excluding hydrogens is 332 g/mol. The zero-order valence-electron chi connectivity index (χ0n) is 13.5. The Balaban J connectivity index is 1.81. The predicted octanol–water partition coefficient (Wildman–Crippen LogP) is 3.54. The number of phenolic OH excluding ortho intramolecular Hbond substituents is 1. The number of rotatable bonds is 4. The maximum absolute atomic E-state index is 11.0. The molecule has 7 nitrogen and oxygen atoms in total. The molecule has 0 radical (unpaired) electrons. The number of carboxylic acid groups (broad SMARTS) is 1. The fourth-order valence-corrected chi connectivity index (χ4v) is 2.68. The van der Waals surface area contributed by atoms with Crippen LogP contribution in [0.25, 0.3) is 16.9 Å². The standard InChI is InChI=1S/C19H14N4O3/c24-15-7-3-12(4-8-15)17-18(23-10-9-20-11-16(23)22-17)21-14-5-1-13(2-6-14)19(25)26/h1-11,21,24H,(H,25,26). The van der Waals surface area contributed by atoms with Gasteiger partial charge in [-0.25, -0.2) is 9.78 Å². The summed E-state index contributed by atoms with van der Waals surface area (Å²) >= 11 is 0. The minimum Gasteiger partial charge on any atom is -0.508 e. The molecule has 0 atom stereocenters. The molecule has 0 fully saturated rings. The summed E-state index contributed by atoms with van der Waals surface area (Å²) in [6.45, 7) is 0. The summed E-state index contributed by atoms with van der Waals surface area (Å²) in [6.07, 6.45) is 5.11. The minimum absolute atomic E-state index is 0.179. The predicted molar refractivity (Wildman–Crippen MR) is 96.8 cm³/mol. The van der Waals surface area contributed by atoms with Gasteiger partial charge in [0.1, 0.15) is 17.3 Å². The third kappa shape index (κ3) is 2.82. The van der Waals surface area contributed by atoms with Crippen LogP contribution < -0.4 is 5.32 Å². The van der Waals surface area contributed by atoms with Crippen molar-refractivity contribution in [3.05, 3.63) is 72.7 Å². The SMILES string of the molecule is O=C(O)c1ccc(Nc2c(-c3ccc(O)cc3)nc3cnccn23)cc1. The molecule has 0 amide bonds. The number of hydrogen-bond acceptors (Lipinski definition) is 5. The van der Waals surface area contributed by atoms with E-state index in [1.165, 1.54) is 12.1 Å². The third-order valence-corrected chi connectivity index (χ3v) is 3.97. The van der Waals surface area contributed by atoms with Crippen molar-refractivity contribution in [2.24, 2.45) is 0 Å². The van der Waals surface area contributed by atoms with Gasteiger partial charge in [0.05, 0.1) is 11.8 Å². The van der Waals surface area contributed by atoms with Crippen LogP contribution in [-0.4, -0.2) is 30.6 Å². The summed E-state index contributed by atoms with van der Waals surface area (Å²) < 4.78 is 1.86. The summed E-state index contributed by atoms with van der Waals surface area (Å²) in [4.78, 5) is 19.7. The molecule has 0 aliphatic heterocycles. The van der Waals surface area contributed by atoms with E-state index in [0.717, 1.165) is 17.1 Å². The smallest absolute Gasteiger partial charge is 0.335 e. The van der Waals surface area contributed by atoms with E-state index >= 15 is 0 Å². The van der Waals surface area contributed by atoms with E-state index in [-0.39, 0.29) is 11.3 Å². The highest BCUT2D eigenvalue weighted by atomic mass is 16.4. The number of aromatic nitrogens is 3. The highest BCUT2D eigenvalue weighted by Gasteiger charge is 2.15. The number of fused-ring (bicyclic) bond motifs is 1. The molecule has 0 saturated carbocycles. The van der Waals surface area contributed by atoms with E-state index in [1.54, 1.807) is 55.0 Å². The van der Waals surface area contributed by atoms with Crippen LogP contribution in [0.2, 0.25) is 0 Å². The molecule has 3 N–H and O–H groups in total. The minimum atomic E-state index is -0.970. The lowest BCUT2D eigenvalue weighted by Gasteiger charge is -2.09. The van der Waals surface area contributed by atoms with Crippen molar-refractivity contribution in [3.63, 3.8) is 0 Å². The number of nitrogens with one attached hydrogen (secondary N) is 1. The fraction of sp³-hybridized carbons (Fsp3) is 0. The van der Waals surface area contributed by atoms with Crippen LogP contribution in [0.1, 0.15) is 10.4 Å². The Morgan fingerprint density at radius 2 is 1.77 bits per heavy atom. The first-order valence-electron chi connectivity index (χ1n) is 7.84. The van der Waals surface area contributed by atoms with E-state index in [0.29, 0.717) is 11.3 Å². The zero-order valence-corrected chi connectivity index (χ0v) is 13.5. The quantitative estimate of drug-likeness (QED) is 0.523. The van der Waals surface area contributed by atoms with Gasteiger partial charge in [0.25, 0.3) is 0 Å². The van der Waals surface area contributed by atoms with Gasteiger partial charge >= 0.3 is 5.97 Å². The molecule has 0 aliphatic carbocycles. The highest BCUT2D eigenvalue weighted by molar-refractivity contribution is 5.88. The number of phenols is 1. The summed E-state index contributed by atoms with van der Waals surface area (Å²) in [5.74, 6) is -0.0728. The lowest BCUT2D eigenvalue weighted by Crippen LogP contribution is -1.99. The fourth-order valence-electron chi connectivity index (χ4n) is 2.68. The molecule has 0 spiro atoms. The summed E-state index contributed by atoms with van der Waals surface area (Å²) in [7, 11) is 0. The molecule has 0 saturated heterocycles. The number of hydrogen-bond donors (Lipinski definition) is 3. The number of aromatic carboxylic acids is 1. The van der Waals surface area contributed by atoms with Crippen LogP contribution in [0.4, 0.5) is 11.5 Å². The van der Waals surface area contributed by atoms with Crippen LogP contribution in [0.3, 0.4) is 0 Å². The van der Waals surface area contributed by atoms with E-state index in [2.05, 4.69) is 15.3 Å². The van der Waals surface area contributed by atoms with Crippen LogP contribution in [0.5, 0.6) is 5.75 Å². The molecule has 2 heterocycles. The lowest BCUT2D eigenvalue weighted by atomic mass is 10.1. The summed E-state index contributed by atoms with van der Waals surface area (Å²) in [5.41, 5.74) is 3.14. The first kappa shape index (κ1) is 15.6. The van der Waals surface area contributed by atoms with Gasteiger partial charge in [-0.1, -0.05) is 0 Å². The number of carbonyl (C=O) groups is 1. The van der Waals surface area contributed by atoms with Crippen molar-refractivity contribution >= 4 is 23.1 Å². The number of carboxylic acids is 1. The second-order valence-corrected chi connectivity index (χ2v) is 5.67. The van der Waals surface area contributed by atoms with Crippen LogP contribution in [0, 0.1) is 0 Å². The Bertz CT molecular complexity index is 1090. The largest absolute Gasteiger partial charge is 0.508 e. The molecule has 0 aliphatic rings. The van der Waals surface area contributed by atoms with Gasteiger partial charge in [-0.3, -0.25) is 9.38 Å². The normalized spacial score (nSPS) is 10.8. The maximum Gasteiger partial charge on any atom is 0.335 e. The summed E-state index contributed by atoms with van der Waals surface area (Å²) in [5, 5.41) is 21.8. The van der Waals surface area contributed by atoms with Gasteiger partial charge in [0, 0.05) is 23.6 Å². The molecule has 7 heteroatoms. The van der Waals surface area contributed by atoms with Gasteiger partial charge in [0.2, 0.25) is 0 Å². The third-order valence-electron chi connectivity index (χ3n) is 3.97. The molecule has 2 aromatic carbocycles. The van der Waals surface area contributed by atoms with E-state index in [4.69, 9.17) is 5.11 Å². The molecule has 4 aromatic rings. The second kappa shape index (κ2) is 6.21. The molecule has 0 bridgehead atoms. The van der Waals surface area contributed by atoms with Crippen LogP contribution >= 0.6 is 0 Å². The first-order chi connectivity index (χ1) is 12.6. The van der Waals surface area contributed by atoms with Gasteiger partial charge in [-0.05, 0) is 48.5 Å². The van der Waals surface area contributed by atoms with Crippen molar-refractivity contribution < 1.29 is 15.0 Å². The van der Waals surface area contributed by atoms with Gasteiger partial charge in [0.15, 0.2) is 5.65 Å². The Morgan fingerprint density at radius 1 is 1.04 bits per heavy atom. The Morgan fingerprint density at radius 3 is 2.46 bits per heavy atom. The molecule has 4 rings (SSSR count). The van der Waals surface area contributed by atoms with E-state index in [1.807, 2.05) is 4.40 Å². The van der Waals surface area contributed by atoms with E-state index in [9.17, 15) is 9.90 Å². The monoisotopic (exact) mass is 346 g/mol. The number of aromatic hydroxyl groups is 1. The van der Waals surface area contributed by atoms with E-state index < -0.39 is 5.97 Å². The average Bonchev–Trinajstić information content (AvgIpc) is 3.01. The first-order valence-corrected chi connectivity index (χ1v) is 7.84. The van der Waals surface area contributed by atoms with Crippen molar-refractivity contribution in [1.82, 2.24) is 14.4 Å². The van der Waals surface area contributed by atoms with Gasteiger partial charge in [-0.2, -0.15) is 0 Å². The Labute approximate surface area is 148 Å². The number of benzene rings is 2. The second-order valence-electron chi connectivity index (χ2n) is 5.67. The van der Waals surface area contributed by atoms with Crippen molar-refractivity contribution in [1.29, 1.82) is 0 Å². The van der Waals surface area contributed by atoms with Crippen molar-refractivity contribution in [2.45, 2.75) is 0 Å². The van der Waals surface area contributed by atoms with Crippen LogP contribution in [-0.2, 0) is 0 Å². The van der Waals surface area contributed by atoms with Crippen molar-refractivity contribution in [2.75, 3.05) is 5.32 Å². The Hall–Kier alpha value is -3.87. The van der Waals surface area contributed by atoms with Gasteiger partial charge < -0.3 is 15.5 Å². The molecule has 128 valence electrons. The van der Waals surface area contributed by atoms with Gasteiger partial charge in [-0.15, -0.1) is 0 Å². The maximum atomic E-state index is 11.0. The van der Waals surface area contributed by atoms with Crippen LogP contribution in [0.15, 0.2) is 67.1 Å². The number of anilines is 2. The molecule has 0 unspecified atom stereocenters. The highest BCUT2D eigenvalue weighted by Crippen LogP contribution is 2.31. The lowest BCUT2D eigenvalue weighted by molar-refractivity contribution is 0.0697. The molecule has 26 heavy (non-hydrogen) atoms. The Kier molecular flexibility index (Phi) is 3.74. The zero-order chi connectivity index (χ0) is 18.1. The van der Waals surface area contributed by atoms with Crippen molar-refractivity contribution in [3.8, 4) is 17.0 Å². The summed E-state index contributed by atoms with van der Waals surface area (Å²) in [6, 6.07) is 13.2.